The third kappa shape index (κ3) is 5.37. The molecule has 1 N–H and O–H groups in total. The molecule has 0 saturated carbocycles. The fourth-order valence-corrected chi connectivity index (χ4v) is 4.11. The Balaban J connectivity index is 1.44. The number of carbonyl (C=O) groups excluding carboxylic acids is 1. The molecule has 1 unspecified atom stereocenters. The van der Waals surface area contributed by atoms with Crippen molar-refractivity contribution in [3.8, 4) is 5.75 Å². The molecule has 164 valence electrons. The van der Waals surface area contributed by atoms with Gasteiger partial charge in [-0.3, -0.25) is 4.79 Å². The lowest BCUT2D eigenvalue weighted by molar-refractivity contribution is 0.0937. The number of amides is 1. The first-order valence-electron chi connectivity index (χ1n) is 10.8. The highest BCUT2D eigenvalue weighted by Gasteiger charge is 2.19. The largest absolute Gasteiger partial charge is 0.494 e. The second kappa shape index (κ2) is 10.5. The van der Waals surface area contributed by atoms with Gasteiger partial charge in [0.15, 0.2) is 0 Å². The predicted octanol–water partition coefficient (Wildman–Crippen LogP) is 6.15. The Bertz CT molecular complexity index is 1190. The summed E-state index contributed by atoms with van der Waals surface area (Å²) in [6, 6.07) is 25.1. The average Bonchev–Trinajstić information content (AvgIpc) is 3.18. The van der Waals surface area contributed by atoms with Crippen LogP contribution < -0.4 is 10.1 Å². The standard InChI is InChI=1S/C26H26BrN3O2/c1-19(28-26(31)20-10-9-11-21(27)18-20)25-29-23-14-5-6-15-24(23)30(25)16-7-8-17-32-22-12-3-2-4-13-22/h2-6,9-15,18-19H,7-8,16-17H2,1H3,(H,28,31). The number of fused-ring (bicyclic) bond motifs is 1. The number of nitrogens with one attached hydrogen (secondary N) is 1. The maximum absolute atomic E-state index is 12.8. The number of nitrogens with zero attached hydrogens (tertiary/aromatic N) is 2. The zero-order valence-electron chi connectivity index (χ0n) is 18.0. The summed E-state index contributed by atoms with van der Waals surface area (Å²) >= 11 is 3.43. The molecule has 0 aliphatic heterocycles. The van der Waals surface area contributed by atoms with Gasteiger partial charge in [-0.05, 0) is 62.2 Å². The number of aryl methyl sites for hydroxylation is 1. The summed E-state index contributed by atoms with van der Waals surface area (Å²) in [7, 11) is 0. The van der Waals surface area contributed by atoms with Crippen LogP contribution in [0.2, 0.25) is 0 Å². The number of para-hydroxylation sites is 3. The zero-order chi connectivity index (χ0) is 22.3. The Hall–Kier alpha value is -3.12. The average molecular weight is 492 g/mol. The molecule has 0 fully saturated rings. The van der Waals surface area contributed by atoms with E-state index in [0.717, 1.165) is 46.5 Å². The lowest BCUT2D eigenvalue weighted by atomic mass is 10.2. The van der Waals surface area contributed by atoms with E-state index in [1.165, 1.54) is 0 Å². The van der Waals surface area contributed by atoms with Crippen LogP contribution >= 0.6 is 15.9 Å². The molecular weight excluding hydrogens is 466 g/mol. The van der Waals surface area contributed by atoms with E-state index in [1.54, 1.807) is 0 Å². The van der Waals surface area contributed by atoms with E-state index in [-0.39, 0.29) is 11.9 Å². The van der Waals surface area contributed by atoms with Crippen molar-refractivity contribution in [3.05, 3.63) is 94.7 Å². The summed E-state index contributed by atoms with van der Waals surface area (Å²) in [5.74, 6) is 1.64. The molecule has 1 atom stereocenters. The Morgan fingerprint density at radius 2 is 1.81 bits per heavy atom. The van der Waals surface area contributed by atoms with Crippen molar-refractivity contribution in [2.45, 2.75) is 32.4 Å². The Morgan fingerprint density at radius 1 is 1.03 bits per heavy atom. The number of benzene rings is 3. The lowest BCUT2D eigenvalue weighted by Crippen LogP contribution is -2.28. The molecule has 0 aliphatic carbocycles. The molecule has 0 radical (unpaired) electrons. The molecule has 0 spiro atoms. The van der Waals surface area contributed by atoms with Crippen molar-refractivity contribution in [2.24, 2.45) is 0 Å². The van der Waals surface area contributed by atoms with Crippen molar-refractivity contribution in [3.63, 3.8) is 0 Å². The minimum atomic E-state index is -0.227. The van der Waals surface area contributed by atoms with Crippen molar-refractivity contribution in [1.29, 1.82) is 0 Å². The summed E-state index contributed by atoms with van der Waals surface area (Å²) < 4.78 is 8.91. The monoisotopic (exact) mass is 491 g/mol. The third-order valence-electron chi connectivity index (χ3n) is 5.29. The number of halogens is 1. The van der Waals surface area contributed by atoms with Crippen LogP contribution in [0.5, 0.6) is 5.75 Å². The van der Waals surface area contributed by atoms with Crippen LogP contribution in [0.3, 0.4) is 0 Å². The fraction of sp³-hybridized carbons (Fsp3) is 0.231. The van der Waals surface area contributed by atoms with Gasteiger partial charge >= 0.3 is 0 Å². The molecule has 6 heteroatoms. The van der Waals surface area contributed by atoms with E-state index in [1.807, 2.05) is 79.7 Å². The van der Waals surface area contributed by atoms with Crippen LogP contribution in [0.4, 0.5) is 0 Å². The van der Waals surface area contributed by atoms with Crippen molar-refractivity contribution in [1.82, 2.24) is 14.9 Å². The van der Waals surface area contributed by atoms with Gasteiger partial charge in [-0.2, -0.15) is 0 Å². The summed E-state index contributed by atoms with van der Waals surface area (Å²) in [5, 5.41) is 3.10. The Kier molecular flexibility index (Phi) is 7.22. The summed E-state index contributed by atoms with van der Waals surface area (Å²) in [6.07, 6.45) is 1.88. The fourth-order valence-electron chi connectivity index (χ4n) is 3.71. The van der Waals surface area contributed by atoms with Gasteiger partial charge in [0.1, 0.15) is 11.6 Å². The zero-order valence-corrected chi connectivity index (χ0v) is 19.6. The number of carbonyl (C=O) groups is 1. The highest BCUT2D eigenvalue weighted by atomic mass is 79.9. The lowest BCUT2D eigenvalue weighted by Gasteiger charge is -2.17. The molecule has 0 bridgehead atoms. The van der Waals surface area contributed by atoms with E-state index < -0.39 is 0 Å². The molecule has 0 aliphatic rings. The smallest absolute Gasteiger partial charge is 0.251 e. The molecule has 3 aromatic carbocycles. The van der Waals surface area contributed by atoms with Crippen LogP contribution in [-0.2, 0) is 6.54 Å². The number of unbranched alkanes of at least 4 members (excludes halogenated alkanes) is 1. The van der Waals surface area contributed by atoms with E-state index >= 15 is 0 Å². The van der Waals surface area contributed by atoms with Gasteiger partial charge in [-0.25, -0.2) is 4.98 Å². The highest BCUT2D eigenvalue weighted by molar-refractivity contribution is 9.10. The first-order chi connectivity index (χ1) is 15.6. The second-order valence-electron chi connectivity index (χ2n) is 7.68. The summed E-state index contributed by atoms with van der Waals surface area (Å²) in [6.45, 7) is 3.46. The van der Waals surface area contributed by atoms with E-state index in [4.69, 9.17) is 9.72 Å². The van der Waals surface area contributed by atoms with Crippen LogP contribution in [0.25, 0.3) is 11.0 Å². The summed E-state index contributed by atoms with van der Waals surface area (Å²) in [4.78, 5) is 17.6. The molecule has 1 aromatic heterocycles. The first-order valence-corrected chi connectivity index (χ1v) is 11.6. The van der Waals surface area contributed by atoms with Crippen molar-refractivity contribution >= 4 is 32.9 Å². The topological polar surface area (TPSA) is 56.2 Å². The third-order valence-corrected chi connectivity index (χ3v) is 5.79. The minimum absolute atomic E-state index is 0.117. The van der Waals surface area contributed by atoms with Crippen molar-refractivity contribution < 1.29 is 9.53 Å². The predicted molar refractivity (Wildman–Crippen MR) is 131 cm³/mol. The van der Waals surface area contributed by atoms with E-state index in [2.05, 4.69) is 31.9 Å². The molecule has 4 aromatic rings. The SMILES string of the molecule is CC(NC(=O)c1cccc(Br)c1)c1nc2ccccc2n1CCCCOc1ccccc1. The normalized spacial score (nSPS) is 11.9. The molecule has 1 heterocycles. The van der Waals surface area contributed by atoms with Crippen molar-refractivity contribution in [2.75, 3.05) is 6.61 Å². The van der Waals surface area contributed by atoms with Crippen LogP contribution in [0.1, 0.15) is 42.0 Å². The molecule has 32 heavy (non-hydrogen) atoms. The Labute approximate surface area is 196 Å². The van der Waals surface area contributed by atoms with Gasteiger partial charge in [-0.15, -0.1) is 0 Å². The van der Waals surface area contributed by atoms with Crippen LogP contribution in [0.15, 0.2) is 83.3 Å². The molecule has 1 amide bonds. The van der Waals surface area contributed by atoms with E-state index in [9.17, 15) is 4.79 Å². The number of rotatable bonds is 9. The maximum atomic E-state index is 12.8. The molecular formula is C26H26BrN3O2. The molecule has 0 saturated heterocycles. The van der Waals surface area contributed by atoms with Gasteiger partial charge in [0, 0.05) is 16.6 Å². The van der Waals surface area contributed by atoms with Gasteiger partial charge in [0.2, 0.25) is 0 Å². The van der Waals surface area contributed by atoms with Crippen LogP contribution in [-0.4, -0.2) is 22.1 Å². The van der Waals surface area contributed by atoms with Gasteiger partial charge in [-0.1, -0.05) is 52.3 Å². The van der Waals surface area contributed by atoms with Gasteiger partial charge < -0.3 is 14.6 Å². The van der Waals surface area contributed by atoms with Crippen LogP contribution in [0, 0.1) is 0 Å². The molecule has 5 nitrogen and oxygen atoms in total. The number of ether oxygens (including phenoxy) is 1. The van der Waals surface area contributed by atoms with E-state index in [0.29, 0.717) is 12.2 Å². The quantitative estimate of drug-likeness (QED) is 0.285. The Morgan fingerprint density at radius 3 is 2.62 bits per heavy atom. The number of imidazole rings is 1. The highest BCUT2D eigenvalue weighted by Crippen LogP contribution is 2.22. The van der Waals surface area contributed by atoms with Gasteiger partial charge in [0.25, 0.3) is 5.91 Å². The molecule has 4 rings (SSSR count). The number of hydrogen-bond acceptors (Lipinski definition) is 3. The minimum Gasteiger partial charge on any atom is -0.494 e. The number of hydrogen-bond donors (Lipinski definition) is 1. The maximum Gasteiger partial charge on any atom is 0.251 e. The summed E-state index contributed by atoms with van der Waals surface area (Å²) in [5.41, 5.74) is 2.63. The van der Waals surface area contributed by atoms with Gasteiger partial charge in [0.05, 0.1) is 23.7 Å². The second-order valence-corrected chi connectivity index (χ2v) is 8.60. The first kappa shape index (κ1) is 22.1. The number of aromatic nitrogens is 2.